The number of imidazole rings is 1. The van der Waals surface area contributed by atoms with Gasteiger partial charge in [0.1, 0.15) is 5.69 Å². The van der Waals surface area contributed by atoms with Crippen molar-refractivity contribution in [2.24, 2.45) is 12.5 Å². The molecule has 1 amide bonds. The molecular formula is C27H40N4O. The van der Waals surface area contributed by atoms with Gasteiger partial charge in [0.05, 0.1) is 18.6 Å². The molecule has 1 spiro atoms. The highest BCUT2D eigenvalue weighted by molar-refractivity contribution is 5.92. The molecular weight excluding hydrogens is 396 g/mol. The van der Waals surface area contributed by atoms with E-state index in [1.807, 2.05) is 11.6 Å². The SMILES string of the molecule is CCN(C(=O)c1cncn1C)[C@@H]1CCC2(CCN(CCC(C)(C)C)CC2)c2ccccc21. The number of carbonyl (C=O) groups is 1. The van der Waals surface area contributed by atoms with Gasteiger partial charge >= 0.3 is 0 Å². The first-order valence-corrected chi connectivity index (χ1v) is 12.3. The molecule has 4 rings (SSSR count). The molecule has 2 aliphatic rings. The summed E-state index contributed by atoms with van der Waals surface area (Å²) in [5, 5.41) is 0. The fourth-order valence-corrected chi connectivity index (χ4v) is 5.73. The number of aryl methyl sites for hydroxylation is 1. The molecule has 0 saturated carbocycles. The predicted molar refractivity (Wildman–Crippen MR) is 130 cm³/mol. The van der Waals surface area contributed by atoms with Gasteiger partial charge in [-0.1, -0.05) is 45.0 Å². The number of likely N-dealkylation sites (tertiary alicyclic amines) is 1. The quantitative estimate of drug-likeness (QED) is 0.648. The van der Waals surface area contributed by atoms with Crippen LogP contribution in [0.2, 0.25) is 0 Å². The van der Waals surface area contributed by atoms with Crippen molar-refractivity contribution < 1.29 is 4.79 Å². The lowest BCUT2D eigenvalue weighted by molar-refractivity contribution is 0.0612. The summed E-state index contributed by atoms with van der Waals surface area (Å²) in [5.74, 6) is 0.0836. The molecule has 1 aromatic carbocycles. The number of rotatable bonds is 5. The molecule has 32 heavy (non-hydrogen) atoms. The number of piperidine rings is 1. The van der Waals surface area contributed by atoms with E-state index in [9.17, 15) is 4.79 Å². The Morgan fingerprint density at radius 3 is 2.53 bits per heavy atom. The van der Waals surface area contributed by atoms with Gasteiger partial charge < -0.3 is 14.4 Å². The monoisotopic (exact) mass is 436 g/mol. The Morgan fingerprint density at radius 2 is 1.91 bits per heavy atom. The van der Waals surface area contributed by atoms with Crippen LogP contribution < -0.4 is 0 Å². The van der Waals surface area contributed by atoms with E-state index in [1.165, 1.54) is 50.0 Å². The third kappa shape index (κ3) is 4.50. The maximum atomic E-state index is 13.4. The van der Waals surface area contributed by atoms with Crippen LogP contribution in [0.4, 0.5) is 0 Å². The van der Waals surface area contributed by atoms with E-state index in [4.69, 9.17) is 0 Å². The fraction of sp³-hybridized carbons (Fsp3) is 0.630. The highest BCUT2D eigenvalue weighted by Crippen LogP contribution is 2.49. The Kier molecular flexibility index (Phi) is 6.49. The first-order chi connectivity index (χ1) is 15.2. The molecule has 1 aliphatic carbocycles. The molecule has 1 atom stereocenters. The Labute approximate surface area is 193 Å². The first-order valence-electron chi connectivity index (χ1n) is 12.3. The summed E-state index contributed by atoms with van der Waals surface area (Å²) >= 11 is 0. The number of hydrogen-bond donors (Lipinski definition) is 0. The molecule has 1 saturated heterocycles. The van der Waals surface area contributed by atoms with Crippen molar-refractivity contribution in [3.63, 3.8) is 0 Å². The Hall–Kier alpha value is -2.14. The van der Waals surface area contributed by atoms with Crippen molar-refractivity contribution in [2.45, 2.75) is 71.3 Å². The third-order valence-electron chi connectivity index (χ3n) is 7.79. The number of amides is 1. The summed E-state index contributed by atoms with van der Waals surface area (Å²) in [5.41, 5.74) is 4.17. The van der Waals surface area contributed by atoms with Gasteiger partial charge in [-0.15, -0.1) is 0 Å². The molecule has 1 aromatic heterocycles. The number of fused-ring (bicyclic) bond motifs is 2. The zero-order valence-electron chi connectivity index (χ0n) is 20.6. The molecule has 174 valence electrons. The van der Waals surface area contributed by atoms with Crippen molar-refractivity contribution >= 4 is 5.91 Å². The second-order valence-corrected chi connectivity index (χ2v) is 11.1. The normalized spacial score (nSPS) is 20.8. The van der Waals surface area contributed by atoms with Gasteiger partial charge in [-0.05, 0) is 80.6 Å². The van der Waals surface area contributed by atoms with Gasteiger partial charge in [0.2, 0.25) is 0 Å². The lowest BCUT2D eigenvalue weighted by Crippen LogP contribution is -2.47. The second-order valence-electron chi connectivity index (χ2n) is 11.1. The average Bonchev–Trinajstić information content (AvgIpc) is 3.21. The van der Waals surface area contributed by atoms with Crippen LogP contribution in [0, 0.1) is 5.41 Å². The van der Waals surface area contributed by atoms with E-state index in [-0.39, 0.29) is 17.4 Å². The van der Waals surface area contributed by atoms with Crippen LogP contribution in [-0.4, -0.2) is 51.4 Å². The van der Waals surface area contributed by atoms with E-state index in [0.29, 0.717) is 17.7 Å². The first kappa shape index (κ1) is 23.0. The molecule has 1 aliphatic heterocycles. The molecule has 0 unspecified atom stereocenters. The zero-order chi connectivity index (χ0) is 22.9. The van der Waals surface area contributed by atoms with Crippen molar-refractivity contribution in [1.29, 1.82) is 0 Å². The summed E-state index contributed by atoms with van der Waals surface area (Å²) in [6.07, 6.45) is 9.30. The molecule has 1 fully saturated rings. The number of hydrogen-bond acceptors (Lipinski definition) is 3. The van der Waals surface area contributed by atoms with Gasteiger partial charge in [0.25, 0.3) is 5.91 Å². The van der Waals surface area contributed by atoms with Crippen LogP contribution in [0.3, 0.4) is 0 Å². The Balaban J connectivity index is 1.55. The van der Waals surface area contributed by atoms with Crippen molar-refractivity contribution in [3.8, 4) is 0 Å². The molecule has 0 bridgehead atoms. The van der Waals surface area contributed by atoms with Crippen molar-refractivity contribution in [2.75, 3.05) is 26.2 Å². The molecule has 0 N–H and O–H groups in total. The average molecular weight is 437 g/mol. The topological polar surface area (TPSA) is 41.4 Å². The molecule has 5 nitrogen and oxygen atoms in total. The highest BCUT2D eigenvalue weighted by atomic mass is 16.2. The number of carbonyl (C=O) groups excluding carboxylic acids is 1. The number of nitrogens with zero attached hydrogens (tertiary/aromatic N) is 4. The van der Waals surface area contributed by atoms with E-state index in [0.717, 1.165) is 12.8 Å². The maximum Gasteiger partial charge on any atom is 0.272 e. The maximum absolute atomic E-state index is 13.4. The Morgan fingerprint density at radius 1 is 1.19 bits per heavy atom. The summed E-state index contributed by atoms with van der Waals surface area (Å²) in [4.78, 5) is 22.3. The Bertz CT molecular complexity index is 933. The largest absolute Gasteiger partial charge is 0.331 e. The van der Waals surface area contributed by atoms with E-state index in [1.54, 1.807) is 12.5 Å². The van der Waals surface area contributed by atoms with E-state index in [2.05, 4.69) is 66.7 Å². The standard InChI is InChI=1S/C27H40N4O/c1-6-31(25(32)24-19-28-20-29(24)5)23-11-12-27(22-10-8-7-9-21(22)23)14-17-30(18-15-27)16-13-26(2,3)4/h7-10,19-20,23H,6,11-18H2,1-5H3/t23-/m1/s1. The minimum absolute atomic E-state index is 0.0836. The minimum atomic E-state index is 0.0836. The molecule has 5 heteroatoms. The zero-order valence-corrected chi connectivity index (χ0v) is 20.6. The van der Waals surface area contributed by atoms with Crippen molar-refractivity contribution in [3.05, 3.63) is 53.6 Å². The third-order valence-corrected chi connectivity index (χ3v) is 7.79. The predicted octanol–water partition coefficient (Wildman–Crippen LogP) is 5.19. The number of aromatic nitrogens is 2. The lowest BCUT2D eigenvalue weighted by Gasteiger charge is -2.49. The second kappa shape index (κ2) is 9.01. The van der Waals surface area contributed by atoms with E-state index >= 15 is 0 Å². The molecule has 2 heterocycles. The smallest absolute Gasteiger partial charge is 0.272 e. The van der Waals surface area contributed by atoms with Crippen LogP contribution in [0.1, 0.15) is 87.5 Å². The molecule has 0 radical (unpaired) electrons. The van der Waals surface area contributed by atoms with Gasteiger partial charge in [-0.25, -0.2) is 4.98 Å². The van der Waals surface area contributed by atoms with E-state index < -0.39 is 0 Å². The fourth-order valence-electron chi connectivity index (χ4n) is 5.73. The van der Waals surface area contributed by atoms with Gasteiger partial charge in [0.15, 0.2) is 0 Å². The van der Waals surface area contributed by atoms with Gasteiger partial charge in [-0.3, -0.25) is 4.79 Å². The summed E-state index contributed by atoms with van der Waals surface area (Å²) in [6.45, 7) is 13.4. The van der Waals surface area contributed by atoms with Gasteiger partial charge in [0, 0.05) is 13.6 Å². The highest BCUT2D eigenvalue weighted by Gasteiger charge is 2.43. The minimum Gasteiger partial charge on any atom is -0.331 e. The molecule has 2 aromatic rings. The van der Waals surface area contributed by atoms with Crippen LogP contribution in [0.15, 0.2) is 36.8 Å². The lowest BCUT2D eigenvalue weighted by atomic mass is 9.63. The van der Waals surface area contributed by atoms with Gasteiger partial charge in [-0.2, -0.15) is 0 Å². The van der Waals surface area contributed by atoms with Crippen LogP contribution in [0.25, 0.3) is 0 Å². The summed E-state index contributed by atoms with van der Waals surface area (Å²) in [6, 6.07) is 9.09. The van der Waals surface area contributed by atoms with Crippen LogP contribution >= 0.6 is 0 Å². The van der Waals surface area contributed by atoms with Crippen LogP contribution in [0.5, 0.6) is 0 Å². The number of benzene rings is 1. The summed E-state index contributed by atoms with van der Waals surface area (Å²) in [7, 11) is 1.89. The van der Waals surface area contributed by atoms with Crippen molar-refractivity contribution in [1.82, 2.24) is 19.4 Å². The summed E-state index contributed by atoms with van der Waals surface area (Å²) < 4.78 is 1.83. The van der Waals surface area contributed by atoms with Crippen LogP contribution in [-0.2, 0) is 12.5 Å².